The Kier molecular flexibility index (Phi) is 6.56. The average Bonchev–Trinajstić information content (AvgIpc) is 2.61. The van der Waals surface area contributed by atoms with Gasteiger partial charge in [0, 0.05) is 18.3 Å². The molecule has 1 aromatic heterocycles. The fourth-order valence-electron chi connectivity index (χ4n) is 2.15. The van der Waals surface area contributed by atoms with Crippen molar-refractivity contribution >= 4 is 17.4 Å². The zero-order chi connectivity index (χ0) is 18.2. The summed E-state index contributed by atoms with van der Waals surface area (Å²) in [5, 5.41) is 14.0. The lowest BCUT2D eigenvalue weighted by atomic mass is 10.1. The zero-order valence-electron chi connectivity index (χ0n) is 15.0. The highest BCUT2D eigenvalue weighted by atomic mass is 16.5. The van der Waals surface area contributed by atoms with E-state index >= 15 is 0 Å². The number of methoxy groups -OCH3 is 2. The van der Waals surface area contributed by atoms with Gasteiger partial charge in [-0.05, 0) is 36.6 Å². The van der Waals surface area contributed by atoms with Crippen LogP contribution in [0.5, 0.6) is 11.5 Å². The summed E-state index contributed by atoms with van der Waals surface area (Å²) in [5.41, 5.74) is 1.07. The second-order valence-corrected chi connectivity index (χ2v) is 5.94. The van der Waals surface area contributed by atoms with Crippen molar-refractivity contribution in [1.82, 2.24) is 15.5 Å². The molecule has 2 aromatic rings. The summed E-state index contributed by atoms with van der Waals surface area (Å²) < 4.78 is 10.5. The maximum absolute atomic E-state index is 12.0. The summed E-state index contributed by atoms with van der Waals surface area (Å²) in [6.45, 7) is 4.85. The molecule has 7 nitrogen and oxygen atoms in total. The van der Waals surface area contributed by atoms with E-state index in [4.69, 9.17) is 9.47 Å². The molecule has 1 heterocycles. The van der Waals surface area contributed by atoms with Crippen molar-refractivity contribution in [2.45, 2.75) is 20.3 Å². The first-order valence-corrected chi connectivity index (χ1v) is 8.14. The van der Waals surface area contributed by atoms with Crippen LogP contribution in [0.25, 0.3) is 0 Å². The lowest BCUT2D eigenvalue weighted by Gasteiger charge is -2.11. The van der Waals surface area contributed by atoms with E-state index in [1.807, 2.05) is 6.07 Å². The number of carbonyl (C=O) groups excluding carboxylic acids is 1. The molecule has 0 aliphatic rings. The van der Waals surface area contributed by atoms with Crippen LogP contribution in [0, 0.1) is 5.92 Å². The van der Waals surface area contributed by atoms with Gasteiger partial charge in [0.15, 0.2) is 23.0 Å². The molecule has 2 rings (SSSR count). The SMILES string of the molecule is COc1ccc(Nc2ccc(C(=O)NCCC(C)C)nn2)cc1OC. The number of ether oxygens (including phenoxy) is 2. The minimum atomic E-state index is -0.217. The van der Waals surface area contributed by atoms with Gasteiger partial charge in [-0.1, -0.05) is 13.8 Å². The molecule has 134 valence electrons. The van der Waals surface area contributed by atoms with E-state index in [1.165, 1.54) is 0 Å². The van der Waals surface area contributed by atoms with Gasteiger partial charge in [-0.25, -0.2) is 0 Å². The van der Waals surface area contributed by atoms with E-state index in [0.29, 0.717) is 35.5 Å². The molecular weight excluding hydrogens is 320 g/mol. The van der Waals surface area contributed by atoms with Gasteiger partial charge in [-0.3, -0.25) is 4.79 Å². The van der Waals surface area contributed by atoms with Crippen molar-refractivity contribution in [1.29, 1.82) is 0 Å². The minimum absolute atomic E-state index is 0.217. The van der Waals surface area contributed by atoms with Crippen LogP contribution in [-0.2, 0) is 0 Å². The van der Waals surface area contributed by atoms with Gasteiger partial charge in [0.05, 0.1) is 14.2 Å². The first kappa shape index (κ1) is 18.5. The van der Waals surface area contributed by atoms with Gasteiger partial charge in [-0.15, -0.1) is 10.2 Å². The molecule has 0 spiro atoms. The topological polar surface area (TPSA) is 85.4 Å². The monoisotopic (exact) mass is 344 g/mol. The Labute approximate surface area is 147 Å². The summed E-state index contributed by atoms with van der Waals surface area (Å²) in [4.78, 5) is 12.0. The Morgan fingerprint density at radius 2 is 1.84 bits per heavy atom. The number of benzene rings is 1. The van der Waals surface area contributed by atoms with Crippen molar-refractivity contribution in [3.8, 4) is 11.5 Å². The highest BCUT2D eigenvalue weighted by Gasteiger charge is 2.09. The number of rotatable bonds is 8. The molecule has 0 radical (unpaired) electrons. The molecule has 0 bridgehead atoms. The molecule has 0 saturated carbocycles. The first-order chi connectivity index (χ1) is 12.0. The van der Waals surface area contributed by atoms with Crippen LogP contribution in [0.1, 0.15) is 30.8 Å². The predicted molar refractivity (Wildman–Crippen MR) is 96.6 cm³/mol. The van der Waals surface area contributed by atoms with Crippen LogP contribution in [0.3, 0.4) is 0 Å². The van der Waals surface area contributed by atoms with Crippen LogP contribution < -0.4 is 20.1 Å². The molecule has 0 aliphatic carbocycles. The number of carbonyl (C=O) groups is 1. The Bertz CT molecular complexity index is 702. The molecule has 0 unspecified atom stereocenters. The van der Waals surface area contributed by atoms with Crippen LogP contribution in [0.4, 0.5) is 11.5 Å². The average molecular weight is 344 g/mol. The van der Waals surface area contributed by atoms with Gasteiger partial charge in [-0.2, -0.15) is 0 Å². The Morgan fingerprint density at radius 1 is 1.08 bits per heavy atom. The van der Waals surface area contributed by atoms with Crippen LogP contribution in [-0.4, -0.2) is 36.9 Å². The lowest BCUT2D eigenvalue weighted by molar-refractivity contribution is 0.0946. The lowest BCUT2D eigenvalue weighted by Crippen LogP contribution is -2.26. The van der Waals surface area contributed by atoms with Crippen LogP contribution in [0.2, 0.25) is 0 Å². The summed E-state index contributed by atoms with van der Waals surface area (Å²) in [6, 6.07) is 8.79. The highest BCUT2D eigenvalue weighted by Crippen LogP contribution is 2.30. The van der Waals surface area contributed by atoms with E-state index in [0.717, 1.165) is 12.1 Å². The van der Waals surface area contributed by atoms with Crippen molar-refractivity contribution < 1.29 is 14.3 Å². The van der Waals surface area contributed by atoms with E-state index in [-0.39, 0.29) is 5.91 Å². The number of amides is 1. The molecule has 25 heavy (non-hydrogen) atoms. The Balaban J connectivity index is 1.99. The maximum atomic E-state index is 12.0. The van der Waals surface area contributed by atoms with Gasteiger partial charge in [0.25, 0.3) is 5.91 Å². The molecule has 1 aromatic carbocycles. The molecule has 0 atom stereocenters. The van der Waals surface area contributed by atoms with Crippen molar-refractivity contribution in [3.05, 3.63) is 36.0 Å². The van der Waals surface area contributed by atoms with Gasteiger partial charge >= 0.3 is 0 Å². The van der Waals surface area contributed by atoms with Gasteiger partial charge in [0.1, 0.15) is 0 Å². The number of anilines is 2. The van der Waals surface area contributed by atoms with E-state index in [1.54, 1.807) is 38.5 Å². The summed E-state index contributed by atoms with van der Waals surface area (Å²) in [5.74, 6) is 2.12. The van der Waals surface area contributed by atoms with Crippen LogP contribution >= 0.6 is 0 Å². The number of nitrogens with one attached hydrogen (secondary N) is 2. The largest absolute Gasteiger partial charge is 0.493 e. The third-order valence-electron chi connectivity index (χ3n) is 3.56. The number of aromatic nitrogens is 2. The Hall–Kier alpha value is -2.83. The summed E-state index contributed by atoms with van der Waals surface area (Å²) >= 11 is 0. The van der Waals surface area contributed by atoms with Gasteiger partial charge in [0.2, 0.25) is 0 Å². The molecule has 7 heteroatoms. The summed E-state index contributed by atoms with van der Waals surface area (Å²) in [6.07, 6.45) is 0.929. The number of hydrogen-bond donors (Lipinski definition) is 2. The number of hydrogen-bond acceptors (Lipinski definition) is 6. The fourth-order valence-corrected chi connectivity index (χ4v) is 2.15. The maximum Gasteiger partial charge on any atom is 0.271 e. The molecule has 1 amide bonds. The molecule has 0 saturated heterocycles. The molecular formula is C18H24N4O3. The predicted octanol–water partition coefficient (Wildman–Crippen LogP) is 3.01. The van der Waals surface area contributed by atoms with E-state index in [2.05, 4.69) is 34.7 Å². The third kappa shape index (κ3) is 5.34. The second kappa shape index (κ2) is 8.86. The van der Waals surface area contributed by atoms with Crippen LogP contribution in [0.15, 0.2) is 30.3 Å². The fraction of sp³-hybridized carbons (Fsp3) is 0.389. The normalized spacial score (nSPS) is 10.4. The van der Waals surface area contributed by atoms with E-state index in [9.17, 15) is 4.79 Å². The third-order valence-corrected chi connectivity index (χ3v) is 3.56. The van der Waals surface area contributed by atoms with E-state index < -0.39 is 0 Å². The molecule has 0 aliphatic heterocycles. The van der Waals surface area contributed by atoms with Crippen molar-refractivity contribution in [3.63, 3.8) is 0 Å². The minimum Gasteiger partial charge on any atom is -0.493 e. The van der Waals surface area contributed by atoms with Gasteiger partial charge < -0.3 is 20.1 Å². The number of nitrogens with zero attached hydrogens (tertiary/aromatic N) is 2. The summed E-state index contributed by atoms with van der Waals surface area (Å²) in [7, 11) is 3.16. The van der Waals surface area contributed by atoms with Crippen molar-refractivity contribution in [2.75, 3.05) is 26.1 Å². The highest BCUT2D eigenvalue weighted by molar-refractivity contribution is 5.92. The quantitative estimate of drug-likeness (QED) is 0.766. The first-order valence-electron chi connectivity index (χ1n) is 8.14. The zero-order valence-corrected chi connectivity index (χ0v) is 15.0. The van der Waals surface area contributed by atoms with Crippen molar-refractivity contribution in [2.24, 2.45) is 5.92 Å². The standard InChI is InChI=1S/C18H24N4O3/c1-12(2)9-10-19-18(23)14-6-8-17(22-21-14)20-13-5-7-15(24-3)16(11-13)25-4/h5-8,11-12H,9-10H2,1-4H3,(H,19,23)(H,20,22). The Morgan fingerprint density at radius 3 is 2.44 bits per heavy atom. The second-order valence-electron chi connectivity index (χ2n) is 5.94. The molecule has 0 fully saturated rings. The smallest absolute Gasteiger partial charge is 0.271 e. The molecule has 2 N–H and O–H groups in total.